The molecular formula is C34H34Cl3N5O2. The van der Waals surface area contributed by atoms with Crippen LogP contribution in [0.5, 0.6) is 11.5 Å². The van der Waals surface area contributed by atoms with Gasteiger partial charge in [0.1, 0.15) is 11.5 Å². The van der Waals surface area contributed by atoms with Crippen molar-refractivity contribution in [3.8, 4) is 11.5 Å². The molecule has 0 saturated heterocycles. The molecule has 0 fully saturated rings. The molecule has 4 aromatic carbocycles. The Labute approximate surface area is 272 Å². The monoisotopic (exact) mass is 649 g/mol. The lowest BCUT2D eigenvalue weighted by atomic mass is 10.1. The SMILES string of the molecule is COc1ccc2nc3cc(Cl)ccc3c(NCCCNCCCNc3c4ccc(Cl)cc4nc4ccc(OC)cc34)c2c1.Cl. The predicted molar refractivity (Wildman–Crippen MR) is 188 cm³/mol. The van der Waals surface area contributed by atoms with E-state index in [0.29, 0.717) is 10.0 Å². The average Bonchev–Trinajstić information content (AvgIpc) is 3.02. The molecule has 44 heavy (non-hydrogen) atoms. The van der Waals surface area contributed by atoms with Crippen molar-refractivity contribution in [2.75, 3.05) is 51.0 Å². The summed E-state index contributed by atoms with van der Waals surface area (Å²) in [5.41, 5.74) is 5.65. The number of anilines is 2. The first-order chi connectivity index (χ1) is 21.0. The molecule has 0 bridgehead atoms. The Morgan fingerprint density at radius 1 is 0.545 bits per heavy atom. The van der Waals surface area contributed by atoms with Crippen LogP contribution in [0.15, 0.2) is 72.8 Å². The minimum atomic E-state index is 0. The summed E-state index contributed by atoms with van der Waals surface area (Å²) in [4.78, 5) is 9.63. The maximum absolute atomic E-state index is 6.27. The highest BCUT2D eigenvalue weighted by atomic mass is 35.5. The van der Waals surface area contributed by atoms with Crippen molar-refractivity contribution < 1.29 is 9.47 Å². The highest BCUT2D eigenvalue weighted by molar-refractivity contribution is 6.32. The van der Waals surface area contributed by atoms with E-state index in [-0.39, 0.29) is 12.4 Å². The molecule has 7 nitrogen and oxygen atoms in total. The number of pyridine rings is 2. The molecule has 3 N–H and O–H groups in total. The molecule has 0 aliphatic heterocycles. The number of fused-ring (bicyclic) bond motifs is 4. The standard InChI is InChI=1S/C34H33Cl2N5O2.ClH/c1-42-23-7-11-29-27(19-23)33(25-9-5-21(35)17-31(25)40-29)38-15-3-13-37-14-4-16-39-34-26-10-6-22(36)18-32(26)41-30-12-8-24(43-2)20-28(30)34;/h5-12,17-20,37H,3-4,13-16H2,1-2H3,(H,38,40)(H,39,41);1H. The van der Waals surface area contributed by atoms with Gasteiger partial charge in [0.2, 0.25) is 0 Å². The normalized spacial score (nSPS) is 11.2. The number of benzene rings is 4. The zero-order valence-electron chi connectivity index (χ0n) is 24.5. The Balaban J connectivity index is 0.00000384. The van der Waals surface area contributed by atoms with E-state index in [1.54, 1.807) is 14.2 Å². The van der Waals surface area contributed by atoms with Crippen LogP contribution in [0.1, 0.15) is 12.8 Å². The molecule has 0 amide bonds. The van der Waals surface area contributed by atoms with Crippen molar-refractivity contribution >= 4 is 90.6 Å². The summed E-state index contributed by atoms with van der Waals surface area (Å²) in [6, 6.07) is 23.6. The van der Waals surface area contributed by atoms with E-state index in [1.165, 1.54) is 0 Å². The van der Waals surface area contributed by atoms with Crippen LogP contribution in [0, 0.1) is 0 Å². The van der Waals surface area contributed by atoms with Gasteiger partial charge in [-0.15, -0.1) is 12.4 Å². The van der Waals surface area contributed by atoms with E-state index >= 15 is 0 Å². The first-order valence-electron chi connectivity index (χ1n) is 14.4. The summed E-state index contributed by atoms with van der Waals surface area (Å²) in [5, 5.41) is 16.4. The number of nitrogens with one attached hydrogen (secondary N) is 3. The summed E-state index contributed by atoms with van der Waals surface area (Å²) in [5.74, 6) is 1.60. The van der Waals surface area contributed by atoms with E-state index in [4.69, 9.17) is 42.6 Å². The van der Waals surface area contributed by atoms with Crippen molar-refractivity contribution in [3.63, 3.8) is 0 Å². The van der Waals surface area contributed by atoms with E-state index in [1.807, 2.05) is 72.8 Å². The van der Waals surface area contributed by atoms with E-state index in [0.717, 1.165) is 106 Å². The Hall–Kier alpha value is -3.75. The van der Waals surface area contributed by atoms with Crippen molar-refractivity contribution in [1.29, 1.82) is 0 Å². The molecule has 6 rings (SSSR count). The maximum atomic E-state index is 6.27. The molecule has 0 unspecified atom stereocenters. The van der Waals surface area contributed by atoms with Crippen LogP contribution in [0.25, 0.3) is 43.6 Å². The van der Waals surface area contributed by atoms with E-state index in [2.05, 4.69) is 16.0 Å². The molecule has 228 valence electrons. The molecule has 0 saturated carbocycles. The van der Waals surface area contributed by atoms with Crippen molar-refractivity contribution in [1.82, 2.24) is 15.3 Å². The lowest BCUT2D eigenvalue weighted by Gasteiger charge is -2.15. The summed E-state index contributed by atoms with van der Waals surface area (Å²) < 4.78 is 11.0. The van der Waals surface area contributed by atoms with E-state index in [9.17, 15) is 0 Å². The first-order valence-corrected chi connectivity index (χ1v) is 15.1. The highest BCUT2D eigenvalue weighted by Gasteiger charge is 2.12. The van der Waals surface area contributed by atoms with Crippen LogP contribution >= 0.6 is 35.6 Å². The number of ether oxygens (including phenoxy) is 2. The second-order valence-electron chi connectivity index (χ2n) is 10.4. The van der Waals surface area contributed by atoms with Gasteiger partial charge in [-0.2, -0.15) is 0 Å². The fraction of sp³-hybridized carbons (Fsp3) is 0.235. The third-order valence-electron chi connectivity index (χ3n) is 7.55. The molecule has 2 heterocycles. The maximum Gasteiger partial charge on any atom is 0.119 e. The number of halogens is 3. The number of aromatic nitrogens is 2. The van der Waals surface area contributed by atoms with Gasteiger partial charge in [-0.25, -0.2) is 9.97 Å². The van der Waals surface area contributed by atoms with Crippen molar-refractivity contribution in [3.05, 3.63) is 82.8 Å². The van der Waals surface area contributed by atoms with Gasteiger partial charge in [-0.05, 0) is 98.7 Å². The average molecular weight is 651 g/mol. The molecule has 0 atom stereocenters. The van der Waals surface area contributed by atoms with Gasteiger partial charge in [0.25, 0.3) is 0 Å². The van der Waals surface area contributed by atoms with E-state index < -0.39 is 0 Å². The zero-order valence-corrected chi connectivity index (χ0v) is 26.9. The minimum absolute atomic E-state index is 0. The molecule has 6 aromatic rings. The lowest BCUT2D eigenvalue weighted by molar-refractivity contribution is 0.415. The Kier molecular flexibility index (Phi) is 10.3. The smallest absolute Gasteiger partial charge is 0.119 e. The summed E-state index contributed by atoms with van der Waals surface area (Å²) in [7, 11) is 3.36. The second-order valence-corrected chi connectivity index (χ2v) is 11.2. The molecule has 0 radical (unpaired) electrons. The fourth-order valence-corrected chi connectivity index (χ4v) is 5.74. The van der Waals surface area contributed by atoms with Gasteiger partial charge < -0.3 is 25.4 Å². The Morgan fingerprint density at radius 3 is 1.43 bits per heavy atom. The Bertz CT molecular complexity index is 1800. The number of nitrogens with zero attached hydrogens (tertiary/aromatic N) is 2. The quantitative estimate of drug-likeness (QED) is 0.0903. The lowest BCUT2D eigenvalue weighted by Crippen LogP contribution is -2.21. The topological polar surface area (TPSA) is 80.3 Å². The van der Waals surface area contributed by atoms with Crippen LogP contribution in [-0.4, -0.2) is 50.4 Å². The van der Waals surface area contributed by atoms with Gasteiger partial charge in [0, 0.05) is 44.7 Å². The molecular weight excluding hydrogens is 617 g/mol. The number of methoxy groups -OCH3 is 2. The summed E-state index contributed by atoms with van der Waals surface area (Å²) >= 11 is 12.5. The minimum Gasteiger partial charge on any atom is -0.497 e. The number of rotatable bonds is 12. The summed E-state index contributed by atoms with van der Waals surface area (Å²) in [6.07, 6.45) is 1.94. The molecule has 0 aliphatic carbocycles. The molecule has 0 spiro atoms. The summed E-state index contributed by atoms with van der Waals surface area (Å²) in [6.45, 7) is 3.44. The predicted octanol–water partition coefficient (Wildman–Crippen LogP) is 8.73. The highest BCUT2D eigenvalue weighted by Crippen LogP contribution is 2.35. The van der Waals surface area contributed by atoms with Gasteiger partial charge in [-0.3, -0.25) is 0 Å². The Morgan fingerprint density at radius 2 is 1.00 bits per heavy atom. The van der Waals surface area contributed by atoms with Gasteiger partial charge in [0.05, 0.1) is 47.7 Å². The zero-order chi connectivity index (χ0) is 29.8. The fourth-order valence-electron chi connectivity index (χ4n) is 5.41. The molecule has 2 aromatic heterocycles. The van der Waals surface area contributed by atoms with Crippen LogP contribution in [0.3, 0.4) is 0 Å². The van der Waals surface area contributed by atoms with Crippen molar-refractivity contribution in [2.45, 2.75) is 12.8 Å². The third-order valence-corrected chi connectivity index (χ3v) is 8.02. The molecule has 0 aliphatic rings. The van der Waals surface area contributed by atoms with Gasteiger partial charge in [-0.1, -0.05) is 23.2 Å². The van der Waals surface area contributed by atoms with Crippen LogP contribution in [0.4, 0.5) is 11.4 Å². The van der Waals surface area contributed by atoms with Crippen LogP contribution in [-0.2, 0) is 0 Å². The van der Waals surface area contributed by atoms with Crippen molar-refractivity contribution in [2.24, 2.45) is 0 Å². The number of hydrogen-bond donors (Lipinski definition) is 3. The number of hydrogen-bond acceptors (Lipinski definition) is 7. The van der Waals surface area contributed by atoms with Gasteiger partial charge >= 0.3 is 0 Å². The second kappa shape index (κ2) is 14.4. The van der Waals surface area contributed by atoms with Gasteiger partial charge in [0.15, 0.2) is 0 Å². The first kappa shape index (κ1) is 31.7. The largest absolute Gasteiger partial charge is 0.497 e. The van der Waals surface area contributed by atoms with Crippen LogP contribution < -0.4 is 25.4 Å². The third kappa shape index (κ3) is 6.81. The van der Waals surface area contributed by atoms with Crippen LogP contribution in [0.2, 0.25) is 10.0 Å². The molecule has 10 heteroatoms.